The molecule has 0 fully saturated rings. The van der Waals surface area contributed by atoms with Gasteiger partial charge in [-0.25, -0.2) is 9.18 Å². The predicted molar refractivity (Wildman–Crippen MR) is 104 cm³/mol. The first-order valence-electron chi connectivity index (χ1n) is 9.18. The first-order valence-corrected chi connectivity index (χ1v) is 9.18. The number of ketones is 1. The zero-order chi connectivity index (χ0) is 20.6. The maximum Gasteiger partial charge on any atom is 0.330 e. The van der Waals surface area contributed by atoms with Gasteiger partial charge in [-0.1, -0.05) is 0 Å². The number of hydrogen-bond donors (Lipinski definition) is 0. The summed E-state index contributed by atoms with van der Waals surface area (Å²) in [5.74, 6) is 0.590. The van der Waals surface area contributed by atoms with Crippen molar-refractivity contribution >= 4 is 17.8 Å². The molecule has 6 nitrogen and oxygen atoms in total. The number of carbonyl (C=O) groups excluding carboxylic acids is 2. The summed E-state index contributed by atoms with van der Waals surface area (Å²) >= 11 is 0. The van der Waals surface area contributed by atoms with E-state index >= 15 is 0 Å². The van der Waals surface area contributed by atoms with Gasteiger partial charge in [-0.05, 0) is 54.5 Å². The Balaban J connectivity index is 1.47. The van der Waals surface area contributed by atoms with Crippen molar-refractivity contribution in [3.05, 3.63) is 59.4 Å². The topological polar surface area (TPSA) is 71.1 Å². The van der Waals surface area contributed by atoms with Crippen LogP contribution < -0.4 is 14.2 Å². The Hall–Kier alpha value is -3.35. The van der Waals surface area contributed by atoms with Gasteiger partial charge in [0.05, 0.1) is 13.7 Å². The molecule has 0 unspecified atom stereocenters. The SMILES string of the molecule is COc1cc(/C=C/C(=O)OCCCC(=O)c2ccc(F)cc2)cc2c1OCCO2. The highest BCUT2D eigenvalue weighted by Gasteiger charge is 2.17. The third-order valence-corrected chi connectivity index (χ3v) is 4.22. The van der Waals surface area contributed by atoms with Gasteiger partial charge in [-0.2, -0.15) is 0 Å². The fourth-order valence-corrected chi connectivity index (χ4v) is 2.79. The van der Waals surface area contributed by atoms with E-state index in [0.717, 1.165) is 0 Å². The number of rotatable bonds is 8. The van der Waals surface area contributed by atoms with Crippen LogP contribution in [0.3, 0.4) is 0 Å². The smallest absolute Gasteiger partial charge is 0.330 e. The molecule has 0 aromatic heterocycles. The minimum absolute atomic E-state index is 0.112. The second-order valence-electron chi connectivity index (χ2n) is 6.28. The van der Waals surface area contributed by atoms with Crippen molar-refractivity contribution in [2.45, 2.75) is 12.8 Å². The second kappa shape index (κ2) is 9.73. The van der Waals surface area contributed by atoms with Gasteiger partial charge >= 0.3 is 5.97 Å². The Morgan fingerprint density at radius 1 is 1.14 bits per heavy atom. The minimum atomic E-state index is -0.520. The van der Waals surface area contributed by atoms with Crippen LogP contribution in [0.2, 0.25) is 0 Å². The number of hydrogen-bond acceptors (Lipinski definition) is 6. The Morgan fingerprint density at radius 3 is 2.66 bits per heavy atom. The largest absolute Gasteiger partial charge is 0.493 e. The fourth-order valence-electron chi connectivity index (χ4n) is 2.79. The average Bonchev–Trinajstić information content (AvgIpc) is 2.75. The number of halogens is 1. The molecule has 2 aromatic carbocycles. The summed E-state index contributed by atoms with van der Waals surface area (Å²) in [5.41, 5.74) is 1.14. The van der Waals surface area contributed by atoms with E-state index in [-0.39, 0.29) is 18.8 Å². The summed E-state index contributed by atoms with van der Waals surface area (Å²) in [5, 5.41) is 0. The molecule has 2 aromatic rings. The highest BCUT2D eigenvalue weighted by Crippen LogP contribution is 2.40. The Bertz CT molecular complexity index is 887. The van der Waals surface area contributed by atoms with Crippen LogP contribution in [0.5, 0.6) is 17.2 Å². The minimum Gasteiger partial charge on any atom is -0.493 e. The van der Waals surface area contributed by atoms with Crippen LogP contribution in [0.15, 0.2) is 42.5 Å². The highest BCUT2D eigenvalue weighted by atomic mass is 19.1. The summed E-state index contributed by atoms with van der Waals surface area (Å²) in [7, 11) is 1.53. The number of benzene rings is 2. The second-order valence-corrected chi connectivity index (χ2v) is 6.28. The molecular weight excluding hydrogens is 379 g/mol. The summed E-state index contributed by atoms with van der Waals surface area (Å²) in [6, 6.07) is 8.85. The van der Waals surface area contributed by atoms with Gasteiger partial charge in [0.2, 0.25) is 5.75 Å². The van der Waals surface area contributed by atoms with Gasteiger partial charge in [0, 0.05) is 18.1 Å². The van der Waals surface area contributed by atoms with Crippen molar-refractivity contribution < 1.29 is 32.9 Å². The van der Waals surface area contributed by atoms with Crippen molar-refractivity contribution in [3.63, 3.8) is 0 Å². The molecule has 0 radical (unpaired) electrons. The van der Waals surface area contributed by atoms with Gasteiger partial charge in [0.15, 0.2) is 17.3 Å². The normalized spacial score (nSPS) is 12.6. The van der Waals surface area contributed by atoms with Gasteiger partial charge in [0.1, 0.15) is 19.0 Å². The van der Waals surface area contributed by atoms with Crippen LogP contribution in [0.1, 0.15) is 28.8 Å². The number of carbonyl (C=O) groups is 2. The van der Waals surface area contributed by atoms with Crippen LogP contribution in [0, 0.1) is 5.82 Å². The van der Waals surface area contributed by atoms with Crippen LogP contribution in [0.4, 0.5) is 4.39 Å². The van der Waals surface area contributed by atoms with Crippen LogP contribution in [-0.2, 0) is 9.53 Å². The molecule has 1 aliphatic rings. The zero-order valence-corrected chi connectivity index (χ0v) is 16.0. The molecule has 0 amide bonds. The number of methoxy groups -OCH3 is 1. The zero-order valence-electron chi connectivity index (χ0n) is 16.0. The first kappa shape index (κ1) is 20.4. The summed E-state index contributed by atoms with van der Waals surface area (Å²) < 4.78 is 34.4. The van der Waals surface area contributed by atoms with Gasteiger partial charge in [0.25, 0.3) is 0 Å². The van der Waals surface area contributed by atoms with Crippen molar-refractivity contribution in [3.8, 4) is 17.2 Å². The maximum atomic E-state index is 12.9. The summed E-state index contributed by atoms with van der Waals surface area (Å²) in [6.45, 7) is 1.01. The molecule has 0 N–H and O–H groups in total. The third kappa shape index (κ3) is 5.57. The molecule has 7 heteroatoms. The highest BCUT2D eigenvalue weighted by molar-refractivity contribution is 5.96. The quantitative estimate of drug-likeness (QED) is 0.290. The first-order chi connectivity index (χ1) is 14.1. The van der Waals surface area contributed by atoms with Crippen LogP contribution in [-0.4, -0.2) is 38.7 Å². The molecule has 0 aliphatic carbocycles. The lowest BCUT2D eigenvalue weighted by Crippen LogP contribution is -2.16. The third-order valence-electron chi connectivity index (χ3n) is 4.22. The van der Waals surface area contributed by atoms with Crippen LogP contribution >= 0.6 is 0 Å². The lowest BCUT2D eigenvalue weighted by molar-refractivity contribution is -0.137. The van der Waals surface area contributed by atoms with Gasteiger partial charge in [-0.15, -0.1) is 0 Å². The molecule has 0 spiro atoms. The summed E-state index contributed by atoms with van der Waals surface area (Å²) in [4.78, 5) is 23.9. The Morgan fingerprint density at radius 2 is 1.90 bits per heavy atom. The van der Waals surface area contributed by atoms with E-state index in [1.807, 2.05) is 0 Å². The van der Waals surface area contributed by atoms with E-state index in [0.29, 0.717) is 48.0 Å². The number of esters is 1. The molecule has 1 aliphatic heterocycles. The van der Waals surface area contributed by atoms with E-state index in [2.05, 4.69) is 0 Å². The molecule has 0 saturated carbocycles. The molecule has 3 rings (SSSR count). The predicted octanol–water partition coefficient (Wildman–Crippen LogP) is 3.83. The lowest BCUT2D eigenvalue weighted by atomic mass is 10.1. The average molecular weight is 400 g/mol. The van der Waals surface area contributed by atoms with E-state index in [1.165, 1.54) is 37.5 Å². The number of Topliss-reactive ketones (excluding diaryl/α,β-unsaturated/α-hetero) is 1. The molecule has 0 atom stereocenters. The van der Waals surface area contributed by atoms with E-state index in [1.54, 1.807) is 18.2 Å². The maximum absolute atomic E-state index is 12.9. The summed E-state index contributed by atoms with van der Waals surface area (Å²) in [6.07, 6.45) is 3.48. The molecule has 1 heterocycles. The van der Waals surface area contributed by atoms with E-state index in [9.17, 15) is 14.0 Å². The van der Waals surface area contributed by atoms with Crippen molar-refractivity contribution in [2.24, 2.45) is 0 Å². The van der Waals surface area contributed by atoms with Gasteiger partial charge < -0.3 is 18.9 Å². The Kier molecular flexibility index (Phi) is 6.84. The lowest BCUT2D eigenvalue weighted by Gasteiger charge is -2.20. The van der Waals surface area contributed by atoms with E-state index in [4.69, 9.17) is 18.9 Å². The van der Waals surface area contributed by atoms with Crippen molar-refractivity contribution in [1.29, 1.82) is 0 Å². The monoisotopic (exact) mass is 400 g/mol. The molecular formula is C22H21FO6. The molecule has 0 saturated heterocycles. The molecule has 0 bridgehead atoms. The molecule has 29 heavy (non-hydrogen) atoms. The fraction of sp³-hybridized carbons (Fsp3) is 0.273. The van der Waals surface area contributed by atoms with Gasteiger partial charge in [-0.3, -0.25) is 4.79 Å². The van der Waals surface area contributed by atoms with Crippen LogP contribution in [0.25, 0.3) is 6.08 Å². The number of ether oxygens (including phenoxy) is 4. The van der Waals surface area contributed by atoms with E-state index < -0.39 is 11.8 Å². The van der Waals surface area contributed by atoms with Crippen molar-refractivity contribution in [1.82, 2.24) is 0 Å². The number of fused-ring (bicyclic) bond motifs is 1. The van der Waals surface area contributed by atoms with Crippen molar-refractivity contribution in [2.75, 3.05) is 26.9 Å². The molecule has 152 valence electrons. The standard InChI is InChI=1S/C22H21FO6/c1-26-19-13-15(14-20-22(19)29-12-11-27-20)4-9-21(25)28-10-2-3-18(24)16-5-7-17(23)8-6-16/h4-9,13-14H,2-3,10-12H2,1H3/b9-4+. The Labute approximate surface area is 167 Å².